The number of amides is 1. The summed E-state index contributed by atoms with van der Waals surface area (Å²) in [6, 6.07) is 14.0. The molecule has 2 heterocycles. The molecule has 4 rings (SSSR count). The van der Waals surface area contributed by atoms with Crippen molar-refractivity contribution in [3.63, 3.8) is 0 Å². The van der Waals surface area contributed by atoms with Crippen LogP contribution in [0.3, 0.4) is 0 Å². The Kier molecular flexibility index (Phi) is 7.01. The molecule has 2 aromatic rings. The number of alkyl halides is 3. The molecular weight excluding hydrogens is 419 g/mol. The highest BCUT2D eigenvalue weighted by molar-refractivity contribution is 5.94. The number of carbonyl (C=O) groups excluding carboxylic acids is 1. The van der Waals surface area contributed by atoms with E-state index < -0.39 is 6.36 Å². The van der Waals surface area contributed by atoms with Crippen LogP contribution in [0.15, 0.2) is 48.5 Å². The number of carbonyl (C=O) groups is 1. The molecule has 5 nitrogen and oxygen atoms in total. The molecule has 0 unspecified atom stereocenters. The fourth-order valence-electron chi connectivity index (χ4n) is 4.27. The number of ether oxygens (including phenoxy) is 1. The lowest BCUT2D eigenvalue weighted by atomic mass is 10.1. The summed E-state index contributed by atoms with van der Waals surface area (Å²) in [5.41, 5.74) is 2.91. The molecule has 0 bridgehead atoms. The molecule has 1 amide bonds. The molecule has 8 heteroatoms. The molecule has 2 aromatic carbocycles. The average molecular weight is 448 g/mol. The number of hydrogen-bond donors (Lipinski definition) is 0. The number of rotatable bonds is 6. The van der Waals surface area contributed by atoms with Gasteiger partial charge in [0.15, 0.2) is 0 Å². The molecule has 2 fully saturated rings. The Morgan fingerprint density at radius 3 is 1.69 bits per heavy atom. The molecule has 0 aromatic heterocycles. The second kappa shape index (κ2) is 9.92. The predicted molar refractivity (Wildman–Crippen MR) is 115 cm³/mol. The van der Waals surface area contributed by atoms with Crippen LogP contribution in [0.1, 0.15) is 34.3 Å². The molecule has 32 heavy (non-hydrogen) atoms. The lowest BCUT2D eigenvalue weighted by Gasteiger charge is -2.34. The second-order valence-electron chi connectivity index (χ2n) is 8.44. The van der Waals surface area contributed by atoms with Crippen LogP contribution in [0.25, 0.3) is 0 Å². The quantitative estimate of drug-likeness (QED) is 0.667. The number of halogens is 3. The third-order valence-corrected chi connectivity index (χ3v) is 6.03. The standard InChI is InChI=1S/C24H28F3N3O2/c25-24(26,27)32-22-9-5-20(6-10-22)18-29-15-13-28(14-16-29)17-19-3-7-21(8-4-19)23(31)30-11-1-2-12-30/h3-10H,1-2,11-18H2. The van der Waals surface area contributed by atoms with E-state index in [9.17, 15) is 18.0 Å². The van der Waals surface area contributed by atoms with Gasteiger partial charge in [-0.05, 0) is 48.2 Å². The number of likely N-dealkylation sites (tertiary alicyclic amines) is 1. The van der Waals surface area contributed by atoms with Gasteiger partial charge in [0, 0.05) is 57.9 Å². The molecule has 2 aliphatic heterocycles. The van der Waals surface area contributed by atoms with Gasteiger partial charge in [0.2, 0.25) is 0 Å². The zero-order valence-corrected chi connectivity index (χ0v) is 18.0. The van der Waals surface area contributed by atoms with Gasteiger partial charge in [-0.3, -0.25) is 14.6 Å². The van der Waals surface area contributed by atoms with Crippen molar-refractivity contribution in [3.8, 4) is 5.75 Å². The molecule has 2 saturated heterocycles. The zero-order chi connectivity index (χ0) is 22.6. The van der Waals surface area contributed by atoms with Crippen molar-refractivity contribution < 1.29 is 22.7 Å². The summed E-state index contributed by atoms with van der Waals surface area (Å²) in [7, 11) is 0. The van der Waals surface area contributed by atoms with Crippen LogP contribution in [0.5, 0.6) is 5.75 Å². The fraction of sp³-hybridized carbons (Fsp3) is 0.458. The highest BCUT2D eigenvalue weighted by Crippen LogP contribution is 2.23. The van der Waals surface area contributed by atoms with Gasteiger partial charge in [-0.2, -0.15) is 0 Å². The maximum absolute atomic E-state index is 12.5. The molecule has 2 aliphatic rings. The number of piperazine rings is 1. The number of benzene rings is 2. The van der Waals surface area contributed by atoms with Gasteiger partial charge in [0.25, 0.3) is 5.91 Å². The Bertz CT molecular complexity index is 886. The first-order chi connectivity index (χ1) is 15.4. The van der Waals surface area contributed by atoms with Crippen molar-refractivity contribution in [1.82, 2.24) is 14.7 Å². The summed E-state index contributed by atoms with van der Waals surface area (Å²) in [5, 5.41) is 0. The Morgan fingerprint density at radius 1 is 0.750 bits per heavy atom. The van der Waals surface area contributed by atoms with Gasteiger partial charge in [-0.1, -0.05) is 24.3 Å². The summed E-state index contributed by atoms with van der Waals surface area (Å²) >= 11 is 0. The molecule has 0 aliphatic carbocycles. The van der Waals surface area contributed by atoms with Gasteiger partial charge in [-0.25, -0.2) is 0 Å². The first kappa shape index (κ1) is 22.6. The van der Waals surface area contributed by atoms with E-state index in [1.54, 1.807) is 12.1 Å². The first-order valence-corrected chi connectivity index (χ1v) is 11.0. The minimum Gasteiger partial charge on any atom is -0.406 e. The van der Waals surface area contributed by atoms with E-state index >= 15 is 0 Å². The molecular formula is C24H28F3N3O2. The van der Waals surface area contributed by atoms with E-state index in [1.165, 1.54) is 17.7 Å². The monoisotopic (exact) mass is 447 g/mol. The minimum absolute atomic E-state index is 0.126. The van der Waals surface area contributed by atoms with E-state index in [4.69, 9.17) is 0 Å². The maximum Gasteiger partial charge on any atom is 0.573 e. The molecule has 0 spiro atoms. The predicted octanol–water partition coefficient (Wildman–Crippen LogP) is 4.14. The second-order valence-corrected chi connectivity index (χ2v) is 8.44. The molecule has 172 valence electrons. The van der Waals surface area contributed by atoms with Crippen LogP contribution in [0.2, 0.25) is 0 Å². The highest BCUT2D eigenvalue weighted by atomic mass is 19.4. The first-order valence-electron chi connectivity index (χ1n) is 11.0. The fourth-order valence-corrected chi connectivity index (χ4v) is 4.27. The summed E-state index contributed by atoms with van der Waals surface area (Å²) in [5.74, 6) is -0.0696. The summed E-state index contributed by atoms with van der Waals surface area (Å²) in [6.45, 7) is 6.89. The van der Waals surface area contributed by atoms with Gasteiger partial charge in [0.05, 0.1) is 0 Å². The van der Waals surface area contributed by atoms with E-state index in [-0.39, 0.29) is 11.7 Å². The van der Waals surface area contributed by atoms with Crippen LogP contribution >= 0.6 is 0 Å². The number of hydrogen-bond acceptors (Lipinski definition) is 4. The normalized spacial score (nSPS) is 18.2. The molecule has 0 radical (unpaired) electrons. The van der Waals surface area contributed by atoms with Crippen LogP contribution < -0.4 is 4.74 Å². The summed E-state index contributed by atoms with van der Waals surface area (Å²) in [6.07, 6.45) is -2.48. The highest BCUT2D eigenvalue weighted by Gasteiger charge is 2.31. The van der Waals surface area contributed by atoms with Crippen molar-refractivity contribution in [3.05, 3.63) is 65.2 Å². The van der Waals surface area contributed by atoms with Crippen LogP contribution in [-0.4, -0.2) is 66.2 Å². The smallest absolute Gasteiger partial charge is 0.406 e. The lowest BCUT2D eigenvalue weighted by Crippen LogP contribution is -2.45. The van der Waals surface area contributed by atoms with Gasteiger partial charge >= 0.3 is 6.36 Å². The van der Waals surface area contributed by atoms with Crippen molar-refractivity contribution >= 4 is 5.91 Å². The van der Waals surface area contributed by atoms with Crippen molar-refractivity contribution in [2.24, 2.45) is 0 Å². The van der Waals surface area contributed by atoms with Gasteiger partial charge < -0.3 is 9.64 Å². The van der Waals surface area contributed by atoms with E-state index in [2.05, 4.69) is 14.5 Å². The van der Waals surface area contributed by atoms with Crippen LogP contribution in [0.4, 0.5) is 13.2 Å². The topological polar surface area (TPSA) is 36.0 Å². The Morgan fingerprint density at radius 2 is 1.22 bits per heavy atom. The number of nitrogens with zero attached hydrogens (tertiary/aromatic N) is 3. The third kappa shape index (κ3) is 6.23. The Hall–Kier alpha value is -2.58. The molecule has 0 atom stereocenters. The Balaban J connectivity index is 1.22. The third-order valence-electron chi connectivity index (χ3n) is 6.03. The van der Waals surface area contributed by atoms with E-state index in [0.717, 1.165) is 69.8 Å². The van der Waals surface area contributed by atoms with Crippen molar-refractivity contribution in [2.75, 3.05) is 39.3 Å². The minimum atomic E-state index is -4.67. The summed E-state index contributed by atoms with van der Waals surface area (Å²) < 4.78 is 40.7. The summed E-state index contributed by atoms with van der Waals surface area (Å²) in [4.78, 5) is 19.1. The largest absolute Gasteiger partial charge is 0.573 e. The van der Waals surface area contributed by atoms with E-state index in [0.29, 0.717) is 6.54 Å². The maximum atomic E-state index is 12.5. The van der Waals surface area contributed by atoms with Crippen LogP contribution in [-0.2, 0) is 13.1 Å². The van der Waals surface area contributed by atoms with Gasteiger partial charge in [0.1, 0.15) is 5.75 Å². The lowest BCUT2D eigenvalue weighted by molar-refractivity contribution is -0.274. The molecule has 0 saturated carbocycles. The van der Waals surface area contributed by atoms with Crippen molar-refractivity contribution in [1.29, 1.82) is 0 Å². The van der Waals surface area contributed by atoms with E-state index in [1.807, 2.05) is 29.2 Å². The van der Waals surface area contributed by atoms with Gasteiger partial charge in [-0.15, -0.1) is 13.2 Å². The van der Waals surface area contributed by atoms with Crippen molar-refractivity contribution in [2.45, 2.75) is 32.3 Å². The van der Waals surface area contributed by atoms with Crippen LogP contribution in [0, 0.1) is 0 Å². The molecule has 0 N–H and O–H groups in total. The SMILES string of the molecule is O=C(c1ccc(CN2CCN(Cc3ccc(OC(F)(F)F)cc3)CC2)cc1)N1CCCC1. The zero-order valence-electron chi connectivity index (χ0n) is 18.0. The average Bonchev–Trinajstić information content (AvgIpc) is 3.31. The Labute approximate surface area is 186 Å².